The van der Waals surface area contributed by atoms with Crippen molar-refractivity contribution in [3.05, 3.63) is 47.5 Å². The number of hydrogen-bond acceptors (Lipinski definition) is 3. The topological polar surface area (TPSA) is 47.8 Å². The number of halogens is 2. The van der Waals surface area contributed by atoms with Gasteiger partial charge in [-0.05, 0) is 25.5 Å². The van der Waals surface area contributed by atoms with Gasteiger partial charge in [0.15, 0.2) is 11.6 Å². The molecule has 1 aromatic heterocycles. The van der Waals surface area contributed by atoms with E-state index in [9.17, 15) is 13.6 Å². The number of aromatic nitrogens is 3. The fourth-order valence-electron chi connectivity index (χ4n) is 1.97. The molecule has 4 nitrogen and oxygen atoms in total. The Morgan fingerprint density at radius 3 is 2.75 bits per heavy atom. The molecule has 106 valence electrons. The number of benzene rings is 1. The van der Waals surface area contributed by atoms with Crippen LogP contribution < -0.4 is 0 Å². The third-order valence-electron chi connectivity index (χ3n) is 2.91. The van der Waals surface area contributed by atoms with Crippen molar-refractivity contribution in [1.29, 1.82) is 0 Å². The standard InChI is InChI=1S/C14H15F2N3O/c1-9(2)19-13(17-8-18-19)7-11(20)6-10-4-3-5-12(15)14(10)16/h3-5,8-9H,6-7H2,1-2H3. The maximum Gasteiger partial charge on any atom is 0.162 e. The molecule has 20 heavy (non-hydrogen) atoms. The van der Waals surface area contributed by atoms with Crippen LogP contribution in [-0.2, 0) is 17.6 Å². The average Bonchev–Trinajstić information content (AvgIpc) is 2.83. The summed E-state index contributed by atoms with van der Waals surface area (Å²) in [5.41, 5.74) is 0.0608. The summed E-state index contributed by atoms with van der Waals surface area (Å²) in [6, 6.07) is 3.91. The minimum atomic E-state index is -0.967. The monoisotopic (exact) mass is 279 g/mol. The molecule has 1 aromatic carbocycles. The normalized spacial score (nSPS) is 11.1. The number of Topliss-reactive ketones (excluding diaryl/α,β-unsaturated/α-hetero) is 1. The zero-order valence-corrected chi connectivity index (χ0v) is 11.3. The SMILES string of the molecule is CC(C)n1ncnc1CC(=O)Cc1cccc(F)c1F. The molecule has 0 saturated carbocycles. The predicted octanol–water partition coefficient (Wildman–Crippen LogP) is 2.49. The van der Waals surface area contributed by atoms with E-state index in [1.807, 2.05) is 13.8 Å². The first-order chi connectivity index (χ1) is 9.49. The van der Waals surface area contributed by atoms with Crippen LogP contribution in [0.3, 0.4) is 0 Å². The van der Waals surface area contributed by atoms with Crippen LogP contribution >= 0.6 is 0 Å². The molecule has 0 atom stereocenters. The maximum atomic E-state index is 13.5. The van der Waals surface area contributed by atoms with Gasteiger partial charge >= 0.3 is 0 Å². The van der Waals surface area contributed by atoms with Crippen LogP contribution in [0.15, 0.2) is 24.5 Å². The van der Waals surface area contributed by atoms with Crippen molar-refractivity contribution >= 4 is 5.78 Å². The van der Waals surface area contributed by atoms with Crippen LogP contribution in [0, 0.1) is 11.6 Å². The van der Waals surface area contributed by atoms with Crippen molar-refractivity contribution in [2.45, 2.75) is 32.7 Å². The van der Waals surface area contributed by atoms with E-state index in [2.05, 4.69) is 10.1 Å². The van der Waals surface area contributed by atoms with E-state index in [0.717, 1.165) is 6.07 Å². The summed E-state index contributed by atoms with van der Waals surface area (Å²) in [7, 11) is 0. The third kappa shape index (κ3) is 3.07. The number of nitrogens with zero attached hydrogens (tertiary/aromatic N) is 3. The fourth-order valence-corrected chi connectivity index (χ4v) is 1.97. The lowest BCUT2D eigenvalue weighted by atomic mass is 10.1. The van der Waals surface area contributed by atoms with Gasteiger partial charge in [-0.25, -0.2) is 18.4 Å². The Balaban J connectivity index is 2.09. The van der Waals surface area contributed by atoms with Crippen LogP contribution in [-0.4, -0.2) is 20.5 Å². The van der Waals surface area contributed by atoms with E-state index >= 15 is 0 Å². The number of ketones is 1. The minimum absolute atomic E-state index is 0.0497. The van der Waals surface area contributed by atoms with Crippen molar-refractivity contribution in [2.24, 2.45) is 0 Å². The smallest absolute Gasteiger partial charge is 0.162 e. The molecule has 2 rings (SSSR count). The molecule has 0 unspecified atom stereocenters. The van der Waals surface area contributed by atoms with Gasteiger partial charge in [0.05, 0.1) is 6.42 Å². The largest absolute Gasteiger partial charge is 0.299 e. The van der Waals surface area contributed by atoms with Crippen molar-refractivity contribution in [1.82, 2.24) is 14.8 Å². The highest BCUT2D eigenvalue weighted by molar-refractivity contribution is 5.82. The van der Waals surface area contributed by atoms with Crippen molar-refractivity contribution < 1.29 is 13.6 Å². The second kappa shape index (κ2) is 5.90. The molecule has 0 fully saturated rings. The van der Waals surface area contributed by atoms with Gasteiger partial charge in [-0.3, -0.25) is 4.79 Å². The first kappa shape index (κ1) is 14.3. The molecule has 0 amide bonds. The average molecular weight is 279 g/mol. The van der Waals surface area contributed by atoms with Gasteiger partial charge in [-0.1, -0.05) is 12.1 Å². The third-order valence-corrected chi connectivity index (χ3v) is 2.91. The molecule has 0 aliphatic carbocycles. The van der Waals surface area contributed by atoms with E-state index in [0.29, 0.717) is 5.82 Å². The summed E-state index contributed by atoms with van der Waals surface area (Å²) < 4.78 is 28.2. The summed E-state index contributed by atoms with van der Waals surface area (Å²) in [6.07, 6.45) is 1.27. The first-order valence-electron chi connectivity index (χ1n) is 6.32. The molecule has 2 aromatic rings. The molecule has 0 bridgehead atoms. The highest BCUT2D eigenvalue weighted by atomic mass is 19.2. The molecule has 0 N–H and O–H groups in total. The van der Waals surface area contributed by atoms with Crippen molar-refractivity contribution in [3.8, 4) is 0 Å². The molecule has 1 heterocycles. The van der Waals surface area contributed by atoms with Crippen LogP contribution in [0.2, 0.25) is 0 Å². The number of rotatable bonds is 5. The highest BCUT2D eigenvalue weighted by Gasteiger charge is 2.15. The maximum absolute atomic E-state index is 13.5. The summed E-state index contributed by atoms with van der Waals surface area (Å²) in [4.78, 5) is 16.0. The van der Waals surface area contributed by atoms with E-state index in [1.165, 1.54) is 18.5 Å². The van der Waals surface area contributed by atoms with Gasteiger partial charge in [0.2, 0.25) is 0 Å². The Labute approximate surface area is 115 Å². The van der Waals surface area contributed by atoms with Gasteiger partial charge in [-0.15, -0.1) is 0 Å². The number of carbonyl (C=O) groups is 1. The van der Waals surface area contributed by atoms with Gasteiger partial charge in [-0.2, -0.15) is 5.10 Å². The van der Waals surface area contributed by atoms with Crippen LogP contribution in [0.5, 0.6) is 0 Å². The van der Waals surface area contributed by atoms with E-state index in [-0.39, 0.29) is 30.2 Å². The molecular formula is C14H15F2N3O. The van der Waals surface area contributed by atoms with Crippen LogP contribution in [0.1, 0.15) is 31.3 Å². The van der Waals surface area contributed by atoms with E-state index < -0.39 is 11.6 Å². The molecule has 0 spiro atoms. The predicted molar refractivity (Wildman–Crippen MR) is 69.2 cm³/mol. The van der Waals surface area contributed by atoms with Gasteiger partial charge in [0, 0.05) is 12.5 Å². The summed E-state index contributed by atoms with van der Waals surface area (Å²) >= 11 is 0. The second-order valence-electron chi connectivity index (χ2n) is 4.82. The highest BCUT2D eigenvalue weighted by Crippen LogP contribution is 2.13. The molecule has 0 radical (unpaired) electrons. The van der Waals surface area contributed by atoms with Gasteiger partial charge in [0.1, 0.15) is 17.9 Å². The van der Waals surface area contributed by atoms with Gasteiger partial charge < -0.3 is 0 Å². The van der Waals surface area contributed by atoms with Crippen LogP contribution in [0.4, 0.5) is 8.78 Å². The lowest BCUT2D eigenvalue weighted by Gasteiger charge is -2.09. The van der Waals surface area contributed by atoms with Crippen LogP contribution in [0.25, 0.3) is 0 Å². The molecular weight excluding hydrogens is 264 g/mol. The Hall–Kier alpha value is -2.11. The number of carbonyl (C=O) groups excluding carboxylic acids is 1. The van der Waals surface area contributed by atoms with E-state index in [4.69, 9.17) is 0 Å². The Bertz CT molecular complexity index is 623. The van der Waals surface area contributed by atoms with Crippen molar-refractivity contribution in [3.63, 3.8) is 0 Å². The zero-order chi connectivity index (χ0) is 14.7. The quantitative estimate of drug-likeness (QED) is 0.844. The molecule has 0 saturated heterocycles. The Morgan fingerprint density at radius 1 is 1.30 bits per heavy atom. The van der Waals surface area contributed by atoms with Gasteiger partial charge in [0.25, 0.3) is 0 Å². The lowest BCUT2D eigenvalue weighted by molar-refractivity contribution is -0.118. The zero-order valence-electron chi connectivity index (χ0n) is 11.3. The second-order valence-corrected chi connectivity index (χ2v) is 4.82. The summed E-state index contributed by atoms with van der Waals surface area (Å²) in [5.74, 6) is -1.61. The minimum Gasteiger partial charge on any atom is -0.299 e. The summed E-state index contributed by atoms with van der Waals surface area (Å²) in [6.45, 7) is 3.85. The number of hydrogen-bond donors (Lipinski definition) is 0. The molecule has 0 aliphatic rings. The molecule has 0 aliphatic heterocycles. The van der Waals surface area contributed by atoms with E-state index in [1.54, 1.807) is 4.68 Å². The first-order valence-corrected chi connectivity index (χ1v) is 6.32. The fraction of sp³-hybridized carbons (Fsp3) is 0.357. The lowest BCUT2D eigenvalue weighted by Crippen LogP contribution is -2.15. The summed E-state index contributed by atoms with van der Waals surface area (Å²) in [5, 5.41) is 4.03. The Morgan fingerprint density at radius 2 is 2.05 bits per heavy atom. The van der Waals surface area contributed by atoms with Crippen molar-refractivity contribution in [2.75, 3.05) is 0 Å². The molecule has 6 heteroatoms. The Kier molecular flexibility index (Phi) is 4.22.